The van der Waals surface area contributed by atoms with Gasteiger partial charge in [0.25, 0.3) is 6.01 Å². The Balaban J connectivity index is 1.57. The van der Waals surface area contributed by atoms with Crippen LogP contribution in [0.3, 0.4) is 0 Å². The Kier molecular flexibility index (Phi) is 8.22. The molecule has 0 aliphatic heterocycles. The standard InChI is InChI=1S/C29H37N5O5/c1-19-21(32-27(37)39-28(2,3)4)11-12-22-23(19)24(35)38-26(31-22)33-29(14-7-6-8-15-29)25(36)34(5)17-13-20-10-9-16-30-18-20/h9-12,16,18H,6-8,13-15,17H2,1-5H3,(H,31,33)(H,32,37). The number of amides is 2. The molecule has 0 atom stereocenters. The SMILES string of the molecule is Cc1c(NC(=O)OC(C)(C)C)ccc2nc(NC3(C(=O)N(C)CCc4cccnc4)CCCCC3)oc(=O)c12. The summed E-state index contributed by atoms with van der Waals surface area (Å²) in [6, 6.07) is 7.20. The maximum atomic E-state index is 13.7. The zero-order valence-electron chi connectivity index (χ0n) is 23.3. The molecule has 208 valence electrons. The molecule has 2 heterocycles. The Morgan fingerprint density at radius 3 is 2.56 bits per heavy atom. The second kappa shape index (κ2) is 11.4. The highest BCUT2D eigenvalue weighted by Gasteiger charge is 2.42. The van der Waals surface area contributed by atoms with Crippen LogP contribution in [0.15, 0.2) is 45.9 Å². The van der Waals surface area contributed by atoms with Crippen molar-refractivity contribution in [3.8, 4) is 0 Å². The number of hydrogen-bond acceptors (Lipinski definition) is 8. The van der Waals surface area contributed by atoms with Gasteiger partial charge in [0.05, 0.1) is 10.9 Å². The van der Waals surface area contributed by atoms with Gasteiger partial charge in [-0.2, -0.15) is 4.98 Å². The van der Waals surface area contributed by atoms with E-state index in [1.807, 2.05) is 12.1 Å². The van der Waals surface area contributed by atoms with E-state index < -0.39 is 22.9 Å². The van der Waals surface area contributed by atoms with Crippen LogP contribution < -0.4 is 16.3 Å². The van der Waals surface area contributed by atoms with Gasteiger partial charge in [-0.15, -0.1) is 0 Å². The van der Waals surface area contributed by atoms with E-state index in [0.29, 0.717) is 42.6 Å². The minimum absolute atomic E-state index is 0.00987. The van der Waals surface area contributed by atoms with E-state index in [9.17, 15) is 14.4 Å². The Bertz CT molecular complexity index is 1390. The van der Waals surface area contributed by atoms with E-state index in [4.69, 9.17) is 9.15 Å². The molecule has 4 rings (SSSR count). The number of hydrogen-bond donors (Lipinski definition) is 2. The summed E-state index contributed by atoms with van der Waals surface area (Å²) in [5, 5.41) is 6.17. The number of aryl methyl sites for hydroxylation is 1. The molecule has 0 spiro atoms. The molecule has 0 bridgehead atoms. The van der Waals surface area contributed by atoms with Crippen molar-refractivity contribution in [2.75, 3.05) is 24.2 Å². The fourth-order valence-corrected chi connectivity index (χ4v) is 4.98. The molecule has 39 heavy (non-hydrogen) atoms. The van der Waals surface area contributed by atoms with Crippen molar-refractivity contribution in [2.24, 2.45) is 0 Å². The second-order valence-corrected chi connectivity index (χ2v) is 11.2. The largest absolute Gasteiger partial charge is 0.444 e. The lowest BCUT2D eigenvalue weighted by molar-refractivity contribution is -0.135. The highest BCUT2D eigenvalue weighted by Crippen LogP contribution is 2.33. The van der Waals surface area contributed by atoms with Gasteiger partial charge in [-0.1, -0.05) is 25.3 Å². The van der Waals surface area contributed by atoms with Crippen molar-refractivity contribution in [3.05, 3.63) is 58.2 Å². The number of benzene rings is 1. The zero-order valence-corrected chi connectivity index (χ0v) is 23.3. The maximum absolute atomic E-state index is 13.7. The number of ether oxygens (including phenoxy) is 1. The highest BCUT2D eigenvalue weighted by molar-refractivity contribution is 5.93. The van der Waals surface area contributed by atoms with E-state index in [1.165, 1.54) is 0 Å². The molecule has 0 saturated heterocycles. The predicted molar refractivity (Wildman–Crippen MR) is 150 cm³/mol. The van der Waals surface area contributed by atoms with E-state index in [0.717, 1.165) is 24.8 Å². The number of fused-ring (bicyclic) bond motifs is 1. The molecule has 10 heteroatoms. The Hall–Kier alpha value is -3.95. The number of rotatable bonds is 7. The minimum atomic E-state index is -0.911. The van der Waals surface area contributed by atoms with Crippen molar-refractivity contribution < 1.29 is 18.7 Å². The van der Waals surface area contributed by atoms with Gasteiger partial charge in [0, 0.05) is 31.7 Å². The fourth-order valence-electron chi connectivity index (χ4n) is 4.98. The van der Waals surface area contributed by atoms with E-state index in [2.05, 4.69) is 20.6 Å². The topological polar surface area (TPSA) is 127 Å². The van der Waals surface area contributed by atoms with Crippen LogP contribution in [0.5, 0.6) is 0 Å². The fraction of sp³-hybridized carbons (Fsp3) is 0.483. The monoisotopic (exact) mass is 535 g/mol. The smallest absolute Gasteiger partial charge is 0.412 e. The van der Waals surface area contributed by atoms with Gasteiger partial charge in [-0.25, -0.2) is 9.59 Å². The molecule has 0 radical (unpaired) electrons. The third-order valence-corrected chi connectivity index (χ3v) is 6.96. The normalized spacial score (nSPS) is 15.0. The van der Waals surface area contributed by atoms with Crippen molar-refractivity contribution in [2.45, 2.75) is 77.4 Å². The van der Waals surface area contributed by atoms with Crippen LogP contribution in [0, 0.1) is 6.92 Å². The first kappa shape index (κ1) is 28.1. The number of anilines is 2. The van der Waals surface area contributed by atoms with E-state index in [-0.39, 0.29) is 17.3 Å². The van der Waals surface area contributed by atoms with Crippen molar-refractivity contribution in [3.63, 3.8) is 0 Å². The van der Waals surface area contributed by atoms with E-state index in [1.54, 1.807) is 64.2 Å². The van der Waals surface area contributed by atoms with Gasteiger partial charge in [0.15, 0.2) is 0 Å². The van der Waals surface area contributed by atoms with Crippen molar-refractivity contribution in [1.82, 2.24) is 14.9 Å². The first-order valence-electron chi connectivity index (χ1n) is 13.3. The summed E-state index contributed by atoms with van der Waals surface area (Å²) < 4.78 is 10.9. The lowest BCUT2D eigenvalue weighted by Gasteiger charge is -2.39. The van der Waals surface area contributed by atoms with Gasteiger partial charge in [0.1, 0.15) is 11.1 Å². The Labute approximate surface area is 228 Å². The molecule has 2 amide bonds. The molecular formula is C29H37N5O5. The van der Waals surface area contributed by atoms with Crippen molar-refractivity contribution in [1.29, 1.82) is 0 Å². The molecule has 2 N–H and O–H groups in total. The molecular weight excluding hydrogens is 498 g/mol. The van der Waals surface area contributed by atoms with Crippen LogP contribution in [-0.4, -0.2) is 51.6 Å². The average Bonchev–Trinajstić information content (AvgIpc) is 2.88. The quantitative estimate of drug-likeness (QED) is 0.430. The molecule has 10 nitrogen and oxygen atoms in total. The van der Waals surface area contributed by atoms with Crippen LogP contribution in [0.1, 0.15) is 64.0 Å². The van der Waals surface area contributed by atoms with Crippen LogP contribution in [0.2, 0.25) is 0 Å². The van der Waals surface area contributed by atoms with E-state index >= 15 is 0 Å². The number of likely N-dealkylation sites (N-methyl/N-ethyl adjacent to an activating group) is 1. The summed E-state index contributed by atoms with van der Waals surface area (Å²) in [5.41, 5.74) is 0.244. The van der Waals surface area contributed by atoms with Gasteiger partial charge in [-0.3, -0.25) is 15.1 Å². The molecule has 1 aliphatic rings. The van der Waals surface area contributed by atoms with Gasteiger partial charge < -0.3 is 19.4 Å². The molecule has 1 fully saturated rings. The molecule has 0 unspecified atom stereocenters. The van der Waals surface area contributed by atoms with Crippen LogP contribution in [-0.2, 0) is 16.0 Å². The second-order valence-electron chi connectivity index (χ2n) is 11.2. The van der Waals surface area contributed by atoms with Crippen molar-refractivity contribution >= 4 is 34.6 Å². The minimum Gasteiger partial charge on any atom is -0.444 e. The van der Waals surface area contributed by atoms with Gasteiger partial charge in [-0.05, 0) is 76.3 Å². The summed E-state index contributed by atoms with van der Waals surface area (Å²) in [6.45, 7) is 7.57. The van der Waals surface area contributed by atoms with Gasteiger partial charge >= 0.3 is 11.7 Å². The number of carbonyl (C=O) groups excluding carboxylic acids is 2. The molecule has 1 saturated carbocycles. The summed E-state index contributed by atoms with van der Waals surface area (Å²) in [4.78, 5) is 49.5. The predicted octanol–water partition coefficient (Wildman–Crippen LogP) is 5.05. The zero-order chi connectivity index (χ0) is 28.2. The van der Waals surface area contributed by atoms with Gasteiger partial charge in [0.2, 0.25) is 5.91 Å². The average molecular weight is 536 g/mol. The summed E-state index contributed by atoms with van der Waals surface area (Å²) in [6.07, 6.45) is 7.63. The summed E-state index contributed by atoms with van der Waals surface area (Å²) >= 11 is 0. The molecule has 2 aromatic heterocycles. The van der Waals surface area contributed by atoms with Crippen LogP contribution in [0.25, 0.3) is 10.9 Å². The maximum Gasteiger partial charge on any atom is 0.412 e. The molecule has 1 aliphatic carbocycles. The number of aromatic nitrogens is 2. The number of nitrogens with zero attached hydrogens (tertiary/aromatic N) is 3. The lowest BCUT2D eigenvalue weighted by Crippen LogP contribution is -2.54. The Morgan fingerprint density at radius 2 is 1.90 bits per heavy atom. The number of nitrogens with one attached hydrogen (secondary N) is 2. The first-order valence-corrected chi connectivity index (χ1v) is 13.3. The highest BCUT2D eigenvalue weighted by atomic mass is 16.6. The summed E-state index contributed by atoms with van der Waals surface area (Å²) in [5.74, 6) is -0.0521. The lowest BCUT2D eigenvalue weighted by atomic mass is 9.80. The summed E-state index contributed by atoms with van der Waals surface area (Å²) in [7, 11) is 1.79. The molecule has 1 aromatic carbocycles. The first-order chi connectivity index (χ1) is 18.5. The molecule has 3 aromatic rings. The van der Waals surface area contributed by atoms with Crippen LogP contribution in [0.4, 0.5) is 16.5 Å². The third kappa shape index (κ3) is 6.74. The third-order valence-electron chi connectivity index (χ3n) is 6.96. The number of pyridine rings is 1. The Morgan fingerprint density at radius 1 is 1.15 bits per heavy atom. The van der Waals surface area contributed by atoms with Crippen LogP contribution >= 0.6 is 0 Å². The number of carbonyl (C=O) groups is 2.